The van der Waals surface area contributed by atoms with Gasteiger partial charge in [0, 0.05) is 6.04 Å². The molecule has 2 aliphatic carbocycles. The van der Waals surface area contributed by atoms with Crippen molar-refractivity contribution in [2.45, 2.75) is 63.8 Å². The molecule has 1 saturated carbocycles. The zero-order valence-electron chi connectivity index (χ0n) is 13.6. The lowest BCUT2D eigenvalue weighted by Gasteiger charge is -2.22. The SMILES string of the molecule is O=C(COC(=O)c1ccc2c(c1)CCCC2)NC1CCCCC1. The van der Waals surface area contributed by atoms with Crippen molar-refractivity contribution in [1.82, 2.24) is 5.32 Å². The molecular formula is C19H25NO3. The highest BCUT2D eigenvalue weighted by Gasteiger charge is 2.18. The first-order valence-corrected chi connectivity index (χ1v) is 8.80. The van der Waals surface area contributed by atoms with E-state index in [1.807, 2.05) is 18.2 Å². The van der Waals surface area contributed by atoms with E-state index in [0.717, 1.165) is 25.7 Å². The Hall–Kier alpha value is -1.84. The molecule has 4 heteroatoms. The van der Waals surface area contributed by atoms with Crippen LogP contribution >= 0.6 is 0 Å². The summed E-state index contributed by atoms with van der Waals surface area (Å²) in [6.45, 7) is -0.188. The van der Waals surface area contributed by atoms with Crippen molar-refractivity contribution in [2.75, 3.05) is 6.61 Å². The molecule has 1 amide bonds. The topological polar surface area (TPSA) is 55.4 Å². The number of hydrogen-bond donors (Lipinski definition) is 1. The van der Waals surface area contributed by atoms with Crippen LogP contribution in [0.15, 0.2) is 18.2 Å². The van der Waals surface area contributed by atoms with Crippen LogP contribution in [0, 0.1) is 0 Å². The standard InChI is InChI=1S/C19H25NO3/c21-18(20-17-8-2-1-3-9-17)13-23-19(22)16-11-10-14-6-4-5-7-15(14)12-16/h10-12,17H,1-9,13H2,(H,20,21). The smallest absolute Gasteiger partial charge is 0.338 e. The minimum Gasteiger partial charge on any atom is -0.452 e. The van der Waals surface area contributed by atoms with Gasteiger partial charge in [0.2, 0.25) is 0 Å². The maximum absolute atomic E-state index is 12.1. The highest BCUT2D eigenvalue weighted by atomic mass is 16.5. The summed E-state index contributed by atoms with van der Waals surface area (Å²) in [5, 5.41) is 2.96. The van der Waals surface area contributed by atoms with Crippen LogP contribution in [0.4, 0.5) is 0 Å². The number of carbonyl (C=O) groups excluding carboxylic acids is 2. The van der Waals surface area contributed by atoms with Gasteiger partial charge < -0.3 is 10.1 Å². The number of nitrogens with one attached hydrogen (secondary N) is 1. The monoisotopic (exact) mass is 315 g/mol. The Balaban J connectivity index is 1.49. The fraction of sp³-hybridized carbons (Fsp3) is 0.579. The van der Waals surface area contributed by atoms with Gasteiger partial charge in [0.1, 0.15) is 0 Å². The number of esters is 1. The van der Waals surface area contributed by atoms with Crippen molar-refractivity contribution in [3.8, 4) is 0 Å². The second kappa shape index (κ2) is 7.62. The van der Waals surface area contributed by atoms with Crippen molar-refractivity contribution < 1.29 is 14.3 Å². The first-order valence-electron chi connectivity index (χ1n) is 8.80. The molecule has 0 heterocycles. The second-order valence-corrected chi connectivity index (χ2v) is 6.67. The summed E-state index contributed by atoms with van der Waals surface area (Å²) < 4.78 is 5.17. The lowest BCUT2D eigenvalue weighted by atomic mass is 9.90. The molecule has 1 aromatic rings. The quantitative estimate of drug-likeness (QED) is 0.868. The van der Waals surface area contributed by atoms with Crippen LogP contribution in [0.3, 0.4) is 0 Å². The molecule has 1 aromatic carbocycles. The Labute approximate surface area is 137 Å². The first-order chi connectivity index (χ1) is 11.2. The highest BCUT2D eigenvalue weighted by Crippen LogP contribution is 2.22. The van der Waals surface area contributed by atoms with Gasteiger partial charge in [-0.05, 0) is 61.8 Å². The molecule has 23 heavy (non-hydrogen) atoms. The number of hydrogen-bond acceptors (Lipinski definition) is 3. The van der Waals surface area contributed by atoms with E-state index in [1.54, 1.807) is 0 Å². The van der Waals surface area contributed by atoms with E-state index in [4.69, 9.17) is 4.74 Å². The fourth-order valence-electron chi connectivity index (χ4n) is 3.59. The largest absolute Gasteiger partial charge is 0.452 e. The maximum Gasteiger partial charge on any atom is 0.338 e. The van der Waals surface area contributed by atoms with Gasteiger partial charge in [-0.3, -0.25) is 4.79 Å². The summed E-state index contributed by atoms with van der Waals surface area (Å²) in [4.78, 5) is 24.0. The van der Waals surface area contributed by atoms with Gasteiger partial charge in [-0.15, -0.1) is 0 Å². The van der Waals surface area contributed by atoms with E-state index in [2.05, 4.69) is 5.32 Å². The third-order valence-corrected chi connectivity index (χ3v) is 4.89. The summed E-state index contributed by atoms with van der Waals surface area (Å²) in [5.74, 6) is -0.597. The number of aryl methyl sites for hydroxylation is 2. The molecule has 0 bridgehead atoms. The molecule has 3 rings (SSSR count). The van der Waals surface area contributed by atoms with E-state index in [9.17, 15) is 9.59 Å². The van der Waals surface area contributed by atoms with Gasteiger partial charge in [0.25, 0.3) is 5.91 Å². The maximum atomic E-state index is 12.1. The van der Waals surface area contributed by atoms with Crippen LogP contribution in [0.5, 0.6) is 0 Å². The Kier molecular flexibility index (Phi) is 5.31. The van der Waals surface area contributed by atoms with E-state index in [1.165, 1.54) is 43.2 Å². The molecule has 0 spiro atoms. The van der Waals surface area contributed by atoms with Gasteiger partial charge in [-0.1, -0.05) is 25.3 Å². The number of ether oxygens (including phenoxy) is 1. The van der Waals surface area contributed by atoms with Crippen molar-refractivity contribution in [2.24, 2.45) is 0 Å². The number of benzene rings is 1. The van der Waals surface area contributed by atoms with Crippen LogP contribution in [0.2, 0.25) is 0 Å². The predicted octanol–water partition coefficient (Wildman–Crippen LogP) is 3.17. The van der Waals surface area contributed by atoms with Crippen LogP contribution in [-0.2, 0) is 22.4 Å². The normalized spacial score (nSPS) is 18.1. The minimum absolute atomic E-state index is 0.188. The average Bonchev–Trinajstić information content (AvgIpc) is 2.60. The predicted molar refractivity (Wildman–Crippen MR) is 88.4 cm³/mol. The zero-order chi connectivity index (χ0) is 16.1. The average molecular weight is 315 g/mol. The summed E-state index contributed by atoms with van der Waals surface area (Å²) in [5.41, 5.74) is 3.14. The summed E-state index contributed by atoms with van der Waals surface area (Å²) in [7, 11) is 0. The molecule has 1 fully saturated rings. The molecule has 0 aliphatic heterocycles. The number of fused-ring (bicyclic) bond motifs is 1. The van der Waals surface area contributed by atoms with E-state index < -0.39 is 5.97 Å². The van der Waals surface area contributed by atoms with Crippen molar-refractivity contribution >= 4 is 11.9 Å². The molecule has 0 radical (unpaired) electrons. The molecule has 0 aromatic heterocycles. The summed E-state index contributed by atoms with van der Waals surface area (Å²) in [6.07, 6.45) is 10.2. The van der Waals surface area contributed by atoms with Crippen LogP contribution in [-0.4, -0.2) is 24.5 Å². The molecule has 1 N–H and O–H groups in total. The molecule has 0 unspecified atom stereocenters. The zero-order valence-corrected chi connectivity index (χ0v) is 13.6. The number of amides is 1. The van der Waals surface area contributed by atoms with Gasteiger partial charge in [0.15, 0.2) is 6.61 Å². The summed E-state index contributed by atoms with van der Waals surface area (Å²) >= 11 is 0. The lowest BCUT2D eigenvalue weighted by Crippen LogP contribution is -2.38. The second-order valence-electron chi connectivity index (χ2n) is 6.67. The van der Waals surface area contributed by atoms with Gasteiger partial charge >= 0.3 is 5.97 Å². The Bertz CT molecular complexity index is 576. The molecule has 0 atom stereocenters. The Morgan fingerprint density at radius 3 is 2.52 bits per heavy atom. The Morgan fingerprint density at radius 2 is 1.74 bits per heavy atom. The third kappa shape index (κ3) is 4.34. The Morgan fingerprint density at radius 1 is 1.00 bits per heavy atom. The van der Waals surface area contributed by atoms with Crippen LogP contribution < -0.4 is 5.32 Å². The molecule has 4 nitrogen and oxygen atoms in total. The molecule has 0 saturated heterocycles. The number of carbonyl (C=O) groups is 2. The third-order valence-electron chi connectivity index (χ3n) is 4.89. The molecular weight excluding hydrogens is 290 g/mol. The van der Waals surface area contributed by atoms with Crippen LogP contribution in [0.25, 0.3) is 0 Å². The highest BCUT2D eigenvalue weighted by molar-refractivity contribution is 5.91. The fourth-order valence-corrected chi connectivity index (χ4v) is 3.59. The number of rotatable bonds is 4. The minimum atomic E-state index is -0.405. The molecule has 2 aliphatic rings. The van der Waals surface area contributed by atoms with E-state index in [0.29, 0.717) is 5.56 Å². The van der Waals surface area contributed by atoms with Crippen molar-refractivity contribution in [3.63, 3.8) is 0 Å². The molecule has 124 valence electrons. The van der Waals surface area contributed by atoms with Crippen molar-refractivity contribution in [3.05, 3.63) is 34.9 Å². The van der Waals surface area contributed by atoms with Gasteiger partial charge in [0.05, 0.1) is 5.56 Å². The first kappa shape index (κ1) is 16.0. The summed E-state index contributed by atoms with van der Waals surface area (Å²) in [6, 6.07) is 6.01. The lowest BCUT2D eigenvalue weighted by molar-refractivity contribution is -0.125. The van der Waals surface area contributed by atoms with E-state index in [-0.39, 0.29) is 18.6 Å². The van der Waals surface area contributed by atoms with E-state index >= 15 is 0 Å². The van der Waals surface area contributed by atoms with Crippen LogP contribution in [0.1, 0.15) is 66.4 Å². The van der Waals surface area contributed by atoms with Crippen molar-refractivity contribution in [1.29, 1.82) is 0 Å². The van der Waals surface area contributed by atoms with Gasteiger partial charge in [-0.2, -0.15) is 0 Å². The van der Waals surface area contributed by atoms with Gasteiger partial charge in [-0.25, -0.2) is 4.79 Å².